The van der Waals surface area contributed by atoms with E-state index < -0.39 is 4.92 Å². The second-order valence-corrected chi connectivity index (χ2v) is 5.16. The SMILES string of the molecule is O=C(Nc1ccc(Cl)c2cccnc12)c1ccc([N+](=O)[O-])cc1. The van der Waals surface area contributed by atoms with Crippen molar-refractivity contribution in [1.29, 1.82) is 0 Å². The molecule has 1 heterocycles. The van der Waals surface area contributed by atoms with Crippen LogP contribution in [0.25, 0.3) is 10.9 Å². The normalized spacial score (nSPS) is 10.5. The number of non-ortho nitro benzene ring substituents is 1. The zero-order valence-electron chi connectivity index (χ0n) is 11.7. The predicted octanol–water partition coefficient (Wildman–Crippen LogP) is 4.05. The Hall–Kier alpha value is -2.99. The van der Waals surface area contributed by atoms with Gasteiger partial charge >= 0.3 is 0 Å². The molecule has 0 radical (unpaired) electrons. The van der Waals surface area contributed by atoms with Crippen LogP contribution in [-0.2, 0) is 0 Å². The van der Waals surface area contributed by atoms with Crippen LogP contribution in [0.2, 0.25) is 5.02 Å². The minimum Gasteiger partial charge on any atom is -0.320 e. The molecule has 6 nitrogen and oxygen atoms in total. The van der Waals surface area contributed by atoms with Crippen LogP contribution in [-0.4, -0.2) is 15.8 Å². The molecule has 1 aromatic heterocycles. The van der Waals surface area contributed by atoms with E-state index in [0.717, 1.165) is 5.39 Å². The largest absolute Gasteiger partial charge is 0.320 e. The fourth-order valence-electron chi connectivity index (χ4n) is 2.17. The molecule has 3 aromatic rings. The van der Waals surface area contributed by atoms with E-state index in [0.29, 0.717) is 21.8 Å². The molecule has 0 saturated heterocycles. The lowest BCUT2D eigenvalue weighted by molar-refractivity contribution is -0.384. The summed E-state index contributed by atoms with van der Waals surface area (Å²) in [6.45, 7) is 0. The summed E-state index contributed by atoms with van der Waals surface area (Å²) in [6, 6.07) is 12.3. The summed E-state index contributed by atoms with van der Waals surface area (Å²) >= 11 is 6.11. The minimum absolute atomic E-state index is 0.0693. The number of benzene rings is 2. The zero-order chi connectivity index (χ0) is 16.4. The summed E-state index contributed by atoms with van der Waals surface area (Å²) in [5, 5.41) is 14.7. The number of nitro benzene ring substituents is 1. The van der Waals surface area contributed by atoms with Gasteiger partial charge in [0.1, 0.15) is 0 Å². The predicted molar refractivity (Wildman–Crippen MR) is 87.8 cm³/mol. The summed E-state index contributed by atoms with van der Waals surface area (Å²) in [7, 11) is 0. The van der Waals surface area contributed by atoms with E-state index in [9.17, 15) is 14.9 Å². The van der Waals surface area contributed by atoms with Crippen molar-refractivity contribution >= 4 is 39.8 Å². The van der Waals surface area contributed by atoms with Crippen molar-refractivity contribution in [2.24, 2.45) is 0 Å². The summed E-state index contributed by atoms with van der Waals surface area (Å²) in [5.74, 6) is -0.380. The molecule has 0 aliphatic carbocycles. The van der Waals surface area contributed by atoms with Gasteiger partial charge in [-0.2, -0.15) is 0 Å². The number of halogens is 1. The van der Waals surface area contributed by atoms with E-state index in [1.54, 1.807) is 24.4 Å². The Kier molecular flexibility index (Phi) is 3.91. The molecule has 2 aromatic carbocycles. The Morgan fingerprint density at radius 1 is 1.13 bits per heavy atom. The molecule has 23 heavy (non-hydrogen) atoms. The molecule has 0 fully saturated rings. The minimum atomic E-state index is -0.516. The van der Waals surface area contributed by atoms with Gasteiger partial charge in [-0.05, 0) is 36.4 Å². The number of hydrogen-bond donors (Lipinski definition) is 1. The summed E-state index contributed by atoms with van der Waals surface area (Å²) in [5.41, 5.74) is 1.35. The maximum absolute atomic E-state index is 12.3. The Labute approximate surface area is 135 Å². The number of anilines is 1. The van der Waals surface area contributed by atoms with E-state index in [1.807, 2.05) is 6.07 Å². The van der Waals surface area contributed by atoms with Gasteiger partial charge in [-0.15, -0.1) is 0 Å². The van der Waals surface area contributed by atoms with Crippen molar-refractivity contribution < 1.29 is 9.72 Å². The fourth-order valence-corrected chi connectivity index (χ4v) is 2.38. The lowest BCUT2D eigenvalue weighted by Gasteiger charge is -2.09. The number of aromatic nitrogens is 1. The average Bonchev–Trinajstić information content (AvgIpc) is 2.57. The van der Waals surface area contributed by atoms with Gasteiger partial charge in [0, 0.05) is 29.3 Å². The summed E-state index contributed by atoms with van der Waals surface area (Å²) < 4.78 is 0. The fraction of sp³-hybridized carbons (Fsp3) is 0. The number of rotatable bonds is 3. The standard InChI is InChI=1S/C16H10ClN3O3/c17-13-7-8-14(15-12(13)2-1-9-18-15)19-16(21)10-3-5-11(6-4-10)20(22)23/h1-9H,(H,19,21). The quantitative estimate of drug-likeness (QED) is 0.581. The molecule has 1 amide bonds. The maximum atomic E-state index is 12.3. The van der Waals surface area contributed by atoms with E-state index in [1.165, 1.54) is 24.3 Å². The van der Waals surface area contributed by atoms with Gasteiger partial charge in [0.05, 0.1) is 21.2 Å². The third kappa shape index (κ3) is 2.97. The highest BCUT2D eigenvalue weighted by Crippen LogP contribution is 2.28. The van der Waals surface area contributed by atoms with Gasteiger partial charge < -0.3 is 5.32 Å². The van der Waals surface area contributed by atoms with E-state index in [2.05, 4.69) is 10.3 Å². The Morgan fingerprint density at radius 3 is 2.57 bits per heavy atom. The maximum Gasteiger partial charge on any atom is 0.269 e. The highest BCUT2D eigenvalue weighted by molar-refractivity contribution is 6.36. The van der Waals surface area contributed by atoms with E-state index >= 15 is 0 Å². The number of fused-ring (bicyclic) bond motifs is 1. The first-order valence-electron chi connectivity index (χ1n) is 6.65. The topological polar surface area (TPSA) is 85.1 Å². The molecule has 7 heteroatoms. The van der Waals surface area contributed by atoms with Crippen molar-refractivity contribution in [2.45, 2.75) is 0 Å². The number of hydrogen-bond acceptors (Lipinski definition) is 4. The number of nitro groups is 1. The van der Waals surface area contributed by atoms with Crippen LogP contribution in [0.3, 0.4) is 0 Å². The van der Waals surface area contributed by atoms with Gasteiger partial charge in [0.25, 0.3) is 11.6 Å². The van der Waals surface area contributed by atoms with Crippen molar-refractivity contribution in [3.05, 3.63) is 75.4 Å². The second kappa shape index (κ2) is 6.02. The van der Waals surface area contributed by atoms with Crippen LogP contribution >= 0.6 is 11.6 Å². The van der Waals surface area contributed by atoms with Crippen LogP contribution in [0.4, 0.5) is 11.4 Å². The lowest BCUT2D eigenvalue weighted by Crippen LogP contribution is -2.12. The number of pyridine rings is 1. The van der Waals surface area contributed by atoms with Crippen LogP contribution in [0.1, 0.15) is 10.4 Å². The molecule has 114 valence electrons. The van der Waals surface area contributed by atoms with Crippen molar-refractivity contribution in [2.75, 3.05) is 5.32 Å². The van der Waals surface area contributed by atoms with Crippen molar-refractivity contribution in [1.82, 2.24) is 4.98 Å². The number of nitrogens with zero attached hydrogens (tertiary/aromatic N) is 2. The summed E-state index contributed by atoms with van der Waals surface area (Å²) in [6.07, 6.45) is 1.61. The molecule has 0 spiro atoms. The third-order valence-electron chi connectivity index (χ3n) is 3.30. The molecule has 0 aliphatic rings. The number of nitrogens with one attached hydrogen (secondary N) is 1. The van der Waals surface area contributed by atoms with Crippen LogP contribution in [0.15, 0.2) is 54.7 Å². The summed E-state index contributed by atoms with van der Waals surface area (Å²) in [4.78, 5) is 26.6. The first-order chi connectivity index (χ1) is 11.1. The number of carbonyl (C=O) groups excluding carboxylic acids is 1. The van der Waals surface area contributed by atoms with E-state index in [4.69, 9.17) is 11.6 Å². The Balaban J connectivity index is 1.91. The first kappa shape index (κ1) is 14.9. The highest BCUT2D eigenvalue weighted by Gasteiger charge is 2.12. The van der Waals surface area contributed by atoms with Crippen molar-refractivity contribution in [3.63, 3.8) is 0 Å². The van der Waals surface area contributed by atoms with E-state index in [-0.39, 0.29) is 11.6 Å². The van der Waals surface area contributed by atoms with Gasteiger partial charge in [-0.25, -0.2) is 0 Å². The Morgan fingerprint density at radius 2 is 1.87 bits per heavy atom. The third-order valence-corrected chi connectivity index (χ3v) is 3.63. The lowest BCUT2D eigenvalue weighted by atomic mass is 10.1. The van der Waals surface area contributed by atoms with Gasteiger partial charge in [-0.1, -0.05) is 11.6 Å². The molecule has 0 atom stereocenters. The number of amides is 1. The zero-order valence-corrected chi connectivity index (χ0v) is 12.4. The van der Waals surface area contributed by atoms with Gasteiger partial charge in [0.15, 0.2) is 0 Å². The molecule has 3 rings (SSSR count). The molecular weight excluding hydrogens is 318 g/mol. The Bertz CT molecular complexity index is 910. The van der Waals surface area contributed by atoms with Crippen molar-refractivity contribution in [3.8, 4) is 0 Å². The smallest absolute Gasteiger partial charge is 0.269 e. The average molecular weight is 328 g/mol. The van der Waals surface area contributed by atoms with Crippen LogP contribution < -0.4 is 5.32 Å². The molecule has 0 saturated carbocycles. The monoisotopic (exact) mass is 327 g/mol. The second-order valence-electron chi connectivity index (χ2n) is 4.75. The molecule has 0 bridgehead atoms. The first-order valence-corrected chi connectivity index (χ1v) is 7.03. The van der Waals surface area contributed by atoms with Crippen LogP contribution in [0.5, 0.6) is 0 Å². The molecular formula is C16H10ClN3O3. The van der Waals surface area contributed by atoms with Gasteiger partial charge in [-0.3, -0.25) is 19.9 Å². The van der Waals surface area contributed by atoms with Crippen LogP contribution in [0, 0.1) is 10.1 Å². The number of carbonyl (C=O) groups is 1. The highest BCUT2D eigenvalue weighted by atomic mass is 35.5. The molecule has 1 N–H and O–H groups in total. The molecule has 0 unspecified atom stereocenters. The van der Waals surface area contributed by atoms with Gasteiger partial charge in [0.2, 0.25) is 0 Å². The molecule has 0 aliphatic heterocycles.